The van der Waals surface area contributed by atoms with Gasteiger partial charge in [-0.15, -0.1) is 0 Å². The second-order valence-electron chi connectivity index (χ2n) is 3.78. The van der Waals surface area contributed by atoms with Gasteiger partial charge in [-0.05, 0) is 13.3 Å². The number of anilines is 2. The van der Waals surface area contributed by atoms with Crippen molar-refractivity contribution in [2.24, 2.45) is 0 Å². The maximum absolute atomic E-state index is 5.45. The van der Waals surface area contributed by atoms with Gasteiger partial charge in [0.1, 0.15) is 0 Å². The second-order valence-corrected chi connectivity index (χ2v) is 3.78. The van der Waals surface area contributed by atoms with Crippen molar-refractivity contribution >= 4 is 11.6 Å². The zero-order valence-electron chi connectivity index (χ0n) is 10.6. The lowest BCUT2D eigenvalue weighted by Crippen LogP contribution is -2.01. The first-order chi connectivity index (χ1) is 8.81. The molecule has 0 unspecified atom stereocenters. The molecule has 0 spiro atoms. The molecule has 2 rings (SSSR count). The van der Waals surface area contributed by atoms with Crippen molar-refractivity contribution in [2.45, 2.75) is 26.8 Å². The minimum atomic E-state index is 0.513. The van der Waals surface area contributed by atoms with Crippen LogP contribution < -0.4 is 10.1 Å². The summed E-state index contributed by atoms with van der Waals surface area (Å²) in [5.41, 5.74) is 0.865. The van der Waals surface area contributed by atoms with Gasteiger partial charge in [0.05, 0.1) is 18.5 Å². The van der Waals surface area contributed by atoms with E-state index in [-0.39, 0.29) is 0 Å². The van der Waals surface area contributed by atoms with Crippen LogP contribution in [-0.2, 0) is 6.54 Å². The lowest BCUT2D eigenvalue weighted by atomic mass is 10.5. The van der Waals surface area contributed by atoms with Crippen LogP contribution >= 0.6 is 0 Å². The van der Waals surface area contributed by atoms with Crippen LogP contribution in [0.15, 0.2) is 24.7 Å². The average Bonchev–Trinajstić information content (AvgIpc) is 2.84. The third-order valence-corrected chi connectivity index (χ3v) is 2.30. The molecule has 18 heavy (non-hydrogen) atoms. The Balaban J connectivity index is 2.04. The third-order valence-electron chi connectivity index (χ3n) is 2.30. The van der Waals surface area contributed by atoms with Crippen molar-refractivity contribution in [3.8, 4) is 5.88 Å². The molecule has 0 aliphatic rings. The topological polar surface area (TPSA) is 64.9 Å². The van der Waals surface area contributed by atoms with E-state index < -0.39 is 0 Å². The van der Waals surface area contributed by atoms with E-state index >= 15 is 0 Å². The van der Waals surface area contributed by atoms with Crippen molar-refractivity contribution in [3.63, 3.8) is 0 Å². The molecule has 0 aliphatic carbocycles. The van der Waals surface area contributed by atoms with Crippen molar-refractivity contribution in [1.82, 2.24) is 19.7 Å². The largest absolute Gasteiger partial charge is 0.478 e. The molecular formula is C12H17N5O. The van der Waals surface area contributed by atoms with Crippen molar-refractivity contribution in [2.75, 3.05) is 11.9 Å². The summed E-state index contributed by atoms with van der Waals surface area (Å²) in [6.07, 6.45) is 6.27. The first-order valence-electron chi connectivity index (χ1n) is 6.07. The van der Waals surface area contributed by atoms with Crippen LogP contribution in [0.4, 0.5) is 11.6 Å². The Hall–Kier alpha value is -2.11. The summed E-state index contributed by atoms with van der Waals surface area (Å²) in [5, 5.41) is 7.26. The molecule has 96 valence electrons. The fourth-order valence-corrected chi connectivity index (χ4v) is 1.42. The average molecular weight is 247 g/mol. The van der Waals surface area contributed by atoms with Crippen LogP contribution in [0.25, 0.3) is 0 Å². The summed E-state index contributed by atoms with van der Waals surface area (Å²) in [4.78, 5) is 8.40. The minimum absolute atomic E-state index is 0.513. The van der Waals surface area contributed by atoms with Gasteiger partial charge in [-0.2, -0.15) is 10.1 Å². The second kappa shape index (κ2) is 6.00. The molecule has 0 saturated heterocycles. The molecule has 2 aromatic heterocycles. The highest BCUT2D eigenvalue weighted by molar-refractivity contribution is 5.50. The highest BCUT2D eigenvalue weighted by Crippen LogP contribution is 2.14. The molecule has 0 saturated carbocycles. The summed E-state index contributed by atoms with van der Waals surface area (Å²) in [5.74, 6) is 1.09. The standard InChI is InChI=1S/C12H17N5O/c1-3-7-18-11-5-6-13-12(16-11)15-10-8-14-17(4-2)9-10/h5-6,8-9H,3-4,7H2,1-2H3,(H,13,15,16). The van der Waals surface area contributed by atoms with Crippen LogP contribution in [-0.4, -0.2) is 26.4 Å². The predicted octanol–water partition coefficient (Wildman–Crippen LogP) is 2.23. The maximum atomic E-state index is 5.45. The number of aryl methyl sites for hydroxylation is 1. The smallest absolute Gasteiger partial charge is 0.230 e. The summed E-state index contributed by atoms with van der Waals surface area (Å²) in [6.45, 7) is 5.58. The van der Waals surface area contributed by atoms with E-state index in [4.69, 9.17) is 4.74 Å². The Labute approximate surface area is 106 Å². The molecule has 1 N–H and O–H groups in total. The normalized spacial score (nSPS) is 10.3. The summed E-state index contributed by atoms with van der Waals surface area (Å²) >= 11 is 0. The van der Waals surface area contributed by atoms with Crippen molar-refractivity contribution < 1.29 is 4.74 Å². The van der Waals surface area contributed by atoms with Crippen LogP contribution in [0, 0.1) is 0 Å². The number of rotatable bonds is 6. The molecule has 2 heterocycles. The van der Waals surface area contributed by atoms with Crippen molar-refractivity contribution in [1.29, 1.82) is 0 Å². The number of hydrogen-bond acceptors (Lipinski definition) is 5. The van der Waals surface area contributed by atoms with Gasteiger partial charge in [0.15, 0.2) is 0 Å². The molecule has 6 heteroatoms. The zero-order chi connectivity index (χ0) is 12.8. The van der Waals surface area contributed by atoms with E-state index in [1.165, 1.54) is 0 Å². The fourth-order valence-electron chi connectivity index (χ4n) is 1.42. The molecule has 0 radical (unpaired) electrons. The summed E-state index contributed by atoms with van der Waals surface area (Å²) < 4.78 is 7.28. The van der Waals surface area contributed by atoms with Crippen LogP contribution in [0.3, 0.4) is 0 Å². The van der Waals surface area contributed by atoms with E-state index in [1.807, 2.05) is 17.8 Å². The van der Waals surface area contributed by atoms with Gasteiger partial charge in [-0.3, -0.25) is 4.68 Å². The Kier molecular flexibility index (Phi) is 4.11. The fraction of sp³-hybridized carbons (Fsp3) is 0.417. The van der Waals surface area contributed by atoms with Crippen molar-refractivity contribution in [3.05, 3.63) is 24.7 Å². The van der Waals surface area contributed by atoms with E-state index in [0.29, 0.717) is 18.4 Å². The quantitative estimate of drug-likeness (QED) is 0.848. The summed E-state index contributed by atoms with van der Waals surface area (Å²) in [7, 11) is 0. The predicted molar refractivity (Wildman–Crippen MR) is 69.0 cm³/mol. The lowest BCUT2D eigenvalue weighted by molar-refractivity contribution is 0.305. The van der Waals surface area contributed by atoms with Crippen LogP contribution in [0.5, 0.6) is 5.88 Å². The Morgan fingerprint density at radius 3 is 3.00 bits per heavy atom. The molecule has 0 aliphatic heterocycles. The van der Waals surface area contributed by atoms with Gasteiger partial charge in [0, 0.05) is 25.0 Å². The molecule has 0 amide bonds. The minimum Gasteiger partial charge on any atom is -0.478 e. The van der Waals surface area contributed by atoms with Crippen LogP contribution in [0.1, 0.15) is 20.3 Å². The van der Waals surface area contributed by atoms with E-state index in [0.717, 1.165) is 18.7 Å². The summed E-state index contributed by atoms with van der Waals surface area (Å²) in [6, 6.07) is 1.75. The number of hydrogen-bond donors (Lipinski definition) is 1. The van der Waals surface area contributed by atoms with Gasteiger partial charge in [-0.1, -0.05) is 6.92 Å². The Morgan fingerprint density at radius 1 is 1.39 bits per heavy atom. The number of aromatic nitrogens is 4. The Morgan fingerprint density at radius 2 is 2.28 bits per heavy atom. The molecule has 0 atom stereocenters. The van der Waals surface area contributed by atoms with E-state index in [9.17, 15) is 0 Å². The molecular weight excluding hydrogens is 230 g/mol. The maximum Gasteiger partial charge on any atom is 0.230 e. The third kappa shape index (κ3) is 3.19. The molecule has 0 bridgehead atoms. The number of ether oxygens (including phenoxy) is 1. The van der Waals surface area contributed by atoms with E-state index in [2.05, 4.69) is 27.3 Å². The number of nitrogens with zero attached hydrogens (tertiary/aromatic N) is 4. The van der Waals surface area contributed by atoms with Gasteiger partial charge in [0.25, 0.3) is 0 Å². The Bertz CT molecular complexity index is 497. The SMILES string of the molecule is CCCOc1ccnc(Nc2cnn(CC)c2)n1. The highest BCUT2D eigenvalue weighted by Gasteiger charge is 2.02. The van der Waals surface area contributed by atoms with E-state index in [1.54, 1.807) is 18.5 Å². The van der Waals surface area contributed by atoms with Gasteiger partial charge < -0.3 is 10.1 Å². The van der Waals surface area contributed by atoms with Crippen LogP contribution in [0.2, 0.25) is 0 Å². The lowest BCUT2D eigenvalue weighted by Gasteiger charge is -2.05. The molecule has 0 fully saturated rings. The monoisotopic (exact) mass is 247 g/mol. The zero-order valence-corrected chi connectivity index (χ0v) is 10.6. The molecule has 2 aromatic rings. The molecule has 0 aromatic carbocycles. The first-order valence-corrected chi connectivity index (χ1v) is 6.07. The first kappa shape index (κ1) is 12.3. The highest BCUT2D eigenvalue weighted by atomic mass is 16.5. The number of nitrogens with one attached hydrogen (secondary N) is 1. The van der Waals surface area contributed by atoms with Gasteiger partial charge >= 0.3 is 0 Å². The molecule has 6 nitrogen and oxygen atoms in total. The van der Waals surface area contributed by atoms with Gasteiger partial charge in [-0.25, -0.2) is 4.98 Å². The van der Waals surface area contributed by atoms with Gasteiger partial charge in [0.2, 0.25) is 11.8 Å².